The minimum atomic E-state index is -0.442. The lowest BCUT2D eigenvalue weighted by atomic mass is 10.2. The minimum Gasteiger partial charge on any atom is -0.360 e. The van der Waals surface area contributed by atoms with Crippen LogP contribution in [0.2, 0.25) is 0 Å². The van der Waals surface area contributed by atoms with Gasteiger partial charge in [0, 0.05) is 30.1 Å². The standard InChI is InChI=1S/C17H17N5O2/c1-12-15(11-19-17-16(22(23)24)9-6-10-18-17)13(2)21(20-12)14-7-4-3-5-8-14/h3-10H,11H2,1-2H3,(H,18,19). The maximum absolute atomic E-state index is 11.1. The molecule has 0 amide bonds. The molecule has 0 unspecified atom stereocenters. The number of rotatable bonds is 5. The zero-order valence-corrected chi connectivity index (χ0v) is 13.4. The summed E-state index contributed by atoms with van der Waals surface area (Å²) in [7, 11) is 0. The highest BCUT2D eigenvalue weighted by Gasteiger charge is 2.16. The number of nitrogens with one attached hydrogen (secondary N) is 1. The van der Waals surface area contributed by atoms with Crippen LogP contribution in [-0.2, 0) is 6.54 Å². The first-order valence-electron chi connectivity index (χ1n) is 7.51. The van der Waals surface area contributed by atoms with Crippen LogP contribution in [0.25, 0.3) is 5.69 Å². The van der Waals surface area contributed by atoms with E-state index < -0.39 is 4.92 Å². The maximum Gasteiger partial charge on any atom is 0.311 e. The van der Waals surface area contributed by atoms with E-state index in [1.165, 1.54) is 12.3 Å². The summed E-state index contributed by atoms with van der Waals surface area (Å²) >= 11 is 0. The number of benzene rings is 1. The fraction of sp³-hybridized carbons (Fsp3) is 0.176. The van der Waals surface area contributed by atoms with Gasteiger partial charge in [-0.05, 0) is 32.0 Å². The van der Waals surface area contributed by atoms with E-state index in [0.717, 1.165) is 22.6 Å². The molecule has 0 atom stereocenters. The molecule has 0 saturated heterocycles. The first-order valence-corrected chi connectivity index (χ1v) is 7.51. The van der Waals surface area contributed by atoms with Gasteiger partial charge in [0.2, 0.25) is 5.82 Å². The molecule has 0 spiro atoms. The molecule has 3 rings (SSSR count). The van der Waals surface area contributed by atoms with Crippen LogP contribution in [0, 0.1) is 24.0 Å². The Morgan fingerprint density at radius 3 is 2.62 bits per heavy atom. The number of para-hydroxylation sites is 1. The van der Waals surface area contributed by atoms with Gasteiger partial charge in [0.25, 0.3) is 0 Å². The van der Waals surface area contributed by atoms with E-state index >= 15 is 0 Å². The molecule has 122 valence electrons. The van der Waals surface area contributed by atoms with Gasteiger partial charge in [-0.15, -0.1) is 0 Å². The van der Waals surface area contributed by atoms with Crippen molar-refractivity contribution in [2.45, 2.75) is 20.4 Å². The van der Waals surface area contributed by atoms with Gasteiger partial charge >= 0.3 is 5.69 Å². The summed E-state index contributed by atoms with van der Waals surface area (Å²) in [5, 5.41) is 18.7. The van der Waals surface area contributed by atoms with Gasteiger partial charge < -0.3 is 5.32 Å². The van der Waals surface area contributed by atoms with Crippen molar-refractivity contribution in [2.75, 3.05) is 5.32 Å². The Labute approximate surface area is 139 Å². The lowest BCUT2D eigenvalue weighted by molar-refractivity contribution is -0.384. The third-order valence-electron chi connectivity index (χ3n) is 3.86. The van der Waals surface area contributed by atoms with E-state index in [-0.39, 0.29) is 11.5 Å². The lowest BCUT2D eigenvalue weighted by Gasteiger charge is -2.07. The number of hydrogen-bond acceptors (Lipinski definition) is 5. The van der Waals surface area contributed by atoms with E-state index in [1.54, 1.807) is 6.07 Å². The largest absolute Gasteiger partial charge is 0.360 e. The summed E-state index contributed by atoms with van der Waals surface area (Å²) < 4.78 is 1.87. The van der Waals surface area contributed by atoms with E-state index in [0.29, 0.717) is 6.54 Å². The van der Waals surface area contributed by atoms with Gasteiger partial charge in [-0.25, -0.2) is 9.67 Å². The number of hydrogen-bond donors (Lipinski definition) is 1. The van der Waals surface area contributed by atoms with Crippen LogP contribution in [0.15, 0.2) is 48.7 Å². The Kier molecular flexibility index (Phi) is 4.24. The zero-order chi connectivity index (χ0) is 17.1. The molecule has 0 radical (unpaired) electrons. The molecule has 0 saturated carbocycles. The highest BCUT2D eigenvalue weighted by molar-refractivity contribution is 5.55. The van der Waals surface area contributed by atoms with Crippen molar-refractivity contribution in [1.82, 2.24) is 14.8 Å². The van der Waals surface area contributed by atoms with E-state index in [1.807, 2.05) is 48.9 Å². The number of pyridine rings is 1. The number of aryl methyl sites for hydroxylation is 1. The van der Waals surface area contributed by atoms with Crippen LogP contribution in [0.1, 0.15) is 17.0 Å². The number of anilines is 1. The summed E-state index contributed by atoms with van der Waals surface area (Å²) in [6, 6.07) is 12.8. The molecular weight excluding hydrogens is 306 g/mol. The maximum atomic E-state index is 11.1. The van der Waals surface area contributed by atoms with Crippen LogP contribution >= 0.6 is 0 Å². The Morgan fingerprint density at radius 2 is 1.92 bits per heavy atom. The van der Waals surface area contributed by atoms with Crippen molar-refractivity contribution >= 4 is 11.5 Å². The highest BCUT2D eigenvalue weighted by atomic mass is 16.6. The monoisotopic (exact) mass is 323 g/mol. The molecule has 7 heteroatoms. The Balaban J connectivity index is 1.87. The summed E-state index contributed by atoms with van der Waals surface area (Å²) in [5.74, 6) is 0.258. The van der Waals surface area contributed by atoms with Gasteiger partial charge in [0.05, 0.1) is 16.3 Å². The Morgan fingerprint density at radius 1 is 1.17 bits per heavy atom. The van der Waals surface area contributed by atoms with Crippen LogP contribution in [0.3, 0.4) is 0 Å². The van der Waals surface area contributed by atoms with Gasteiger partial charge in [-0.3, -0.25) is 10.1 Å². The summed E-state index contributed by atoms with van der Waals surface area (Å²) in [6.07, 6.45) is 1.53. The molecule has 7 nitrogen and oxygen atoms in total. The second kappa shape index (κ2) is 6.49. The molecule has 2 heterocycles. The summed E-state index contributed by atoms with van der Waals surface area (Å²) in [4.78, 5) is 14.7. The molecular formula is C17H17N5O2. The van der Waals surface area contributed by atoms with Gasteiger partial charge in [-0.1, -0.05) is 18.2 Å². The Bertz CT molecular complexity index is 874. The molecule has 24 heavy (non-hydrogen) atoms. The Hall–Kier alpha value is -3.22. The van der Waals surface area contributed by atoms with Crippen LogP contribution in [-0.4, -0.2) is 19.7 Å². The fourth-order valence-electron chi connectivity index (χ4n) is 2.60. The van der Waals surface area contributed by atoms with Crippen LogP contribution in [0.5, 0.6) is 0 Å². The first kappa shape index (κ1) is 15.7. The third kappa shape index (κ3) is 2.96. The molecule has 2 aromatic heterocycles. The molecule has 0 aliphatic heterocycles. The van der Waals surface area contributed by atoms with E-state index in [2.05, 4.69) is 15.4 Å². The fourth-order valence-corrected chi connectivity index (χ4v) is 2.60. The van der Waals surface area contributed by atoms with Crippen molar-refractivity contribution in [2.24, 2.45) is 0 Å². The zero-order valence-electron chi connectivity index (χ0n) is 13.4. The average molecular weight is 323 g/mol. The summed E-state index contributed by atoms with van der Waals surface area (Å²) in [5.41, 5.74) is 3.81. The quantitative estimate of drug-likeness (QED) is 0.574. The second-order valence-corrected chi connectivity index (χ2v) is 5.38. The third-order valence-corrected chi connectivity index (χ3v) is 3.86. The second-order valence-electron chi connectivity index (χ2n) is 5.38. The normalized spacial score (nSPS) is 10.6. The predicted octanol–water partition coefficient (Wildman–Crippen LogP) is 3.40. The topological polar surface area (TPSA) is 85.9 Å². The van der Waals surface area contributed by atoms with Crippen molar-refractivity contribution in [1.29, 1.82) is 0 Å². The number of aromatic nitrogens is 3. The summed E-state index contributed by atoms with van der Waals surface area (Å²) in [6.45, 7) is 4.33. The molecule has 1 N–H and O–H groups in total. The average Bonchev–Trinajstić information content (AvgIpc) is 2.88. The molecule has 3 aromatic rings. The van der Waals surface area contributed by atoms with E-state index in [4.69, 9.17) is 0 Å². The molecule has 0 fully saturated rings. The van der Waals surface area contributed by atoms with Crippen LogP contribution < -0.4 is 5.32 Å². The smallest absolute Gasteiger partial charge is 0.311 e. The molecule has 0 aliphatic rings. The van der Waals surface area contributed by atoms with Crippen molar-refractivity contribution in [3.05, 3.63) is 75.7 Å². The number of nitro groups is 1. The SMILES string of the molecule is Cc1nn(-c2ccccc2)c(C)c1CNc1ncccc1[N+](=O)[O-]. The van der Waals surface area contributed by atoms with Crippen LogP contribution in [0.4, 0.5) is 11.5 Å². The molecule has 0 aliphatic carbocycles. The first-order chi connectivity index (χ1) is 11.6. The van der Waals surface area contributed by atoms with Gasteiger partial charge in [0.15, 0.2) is 0 Å². The minimum absolute atomic E-state index is 0.0387. The highest BCUT2D eigenvalue weighted by Crippen LogP contribution is 2.23. The van der Waals surface area contributed by atoms with Crippen molar-refractivity contribution < 1.29 is 4.92 Å². The van der Waals surface area contributed by atoms with Gasteiger partial charge in [-0.2, -0.15) is 5.10 Å². The lowest BCUT2D eigenvalue weighted by Crippen LogP contribution is -2.06. The molecule has 1 aromatic carbocycles. The van der Waals surface area contributed by atoms with E-state index in [9.17, 15) is 10.1 Å². The predicted molar refractivity (Wildman–Crippen MR) is 91.3 cm³/mol. The van der Waals surface area contributed by atoms with Crippen molar-refractivity contribution in [3.8, 4) is 5.69 Å². The number of nitrogens with zero attached hydrogens (tertiary/aromatic N) is 4. The van der Waals surface area contributed by atoms with Gasteiger partial charge in [0.1, 0.15) is 0 Å². The van der Waals surface area contributed by atoms with Crippen molar-refractivity contribution in [3.63, 3.8) is 0 Å². The molecule has 0 bridgehead atoms.